The smallest absolute Gasteiger partial charge is 0.269 e. The van der Waals surface area contributed by atoms with E-state index in [0.29, 0.717) is 11.9 Å². The van der Waals surface area contributed by atoms with Crippen molar-refractivity contribution in [3.05, 3.63) is 83.6 Å². The van der Waals surface area contributed by atoms with E-state index in [1.807, 2.05) is 42.5 Å². The Morgan fingerprint density at radius 1 is 0.818 bits per heavy atom. The number of hydrogen-bond acceptors (Lipinski definition) is 6. The van der Waals surface area contributed by atoms with E-state index in [2.05, 4.69) is 74.5 Å². The highest BCUT2D eigenvalue weighted by atomic mass is 35.5. The quantitative estimate of drug-likeness (QED) is 0.367. The van der Waals surface area contributed by atoms with Crippen molar-refractivity contribution in [3.63, 3.8) is 0 Å². The Hall–Kier alpha value is -3.26. The lowest BCUT2D eigenvalue weighted by Crippen LogP contribution is -3.00. The molecule has 6 nitrogen and oxygen atoms in total. The average Bonchev–Trinajstić information content (AvgIpc) is 3.10. The molecule has 0 spiro atoms. The minimum Gasteiger partial charge on any atom is -1.00 e. The summed E-state index contributed by atoms with van der Waals surface area (Å²) in [4.78, 5) is 12.8. The van der Waals surface area contributed by atoms with Gasteiger partial charge in [-0.3, -0.25) is 0 Å². The number of anilines is 4. The number of nitrogens with one attached hydrogen (secondary N) is 2. The summed E-state index contributed by atoms with van der Waals surface area (Å²) < 4.78 is 3.51. The highest BCUT2D eigenvalue weighted by Gasteiger charge is 2.18. The second kappa shape index (κ2) is 9.70. The van der Waals surface area contributed by atoms with E-state index in [-0.39, 0.29) is 17.7 Å². The molecule has 166 valence electrons. The van der Waals surface area contributed by atoms with Crippen molar-refractivity contribution < 1.29 is 17.0 Å². The van der Waals surface area contributed by atoms with Crippen LogP contribution in [0, 0.1) is 6.92 Å². The van der Waals surface area contributed by atoms with E-state index in [1.54, 1.807) is 11.3 Å². The van der Waals surface area contributed by atoms with Gasteiger partial charge in [-0.25, -0.2) is 0 Å². The normalized spacial score (nSPS) is 10.6. The van der Waals surface area contributed by atoms with Crippen molar-refractivity contribution in [1.82, 2.24) is 15.0 Å². The standard InChI is InChI=1S/C24H19ClN6S.ClH/c1-15-8-13-19-20(14-15)32-21(31(19)2)16-9-11-18(12-10-16)27-24-29-22(25)28-23(30-24)26-17-6-4-3-5-7-17;/h3-14H,1-2H3,(H,26,28,29,30);1H. The Balaban J connectivity index is 0.00000259. The Kier molecular flexibility index (Phi) is 6.74. The monoisotopic (exact) mass is 494 g/mol. The summed E-state index contributed by atoms with van der Waals surface area (Å²) in [6.07, 6.45) is 0. The van der Waals surface area contributed by atoms with E-state index < -0.39 is 0 Å². The van der Waals surface area contributed by atoms with Gasteiger partial charge in [0.15, 0.2) is 0 Å². The maximum Gasteiger partial charge on any atom is 0.269 e. The number of benzene rings is 3. The zero-order chi connectivity index (χ0) is 22.1. The number of aryl methyl sites for hydroxylation is 2. The lowest BCUT2D eigenvalue weighted by atomic mass is 10.2. The topological polar surface area (TPSA) is 66.6 Å². The molecule has 5 aromatic rings. The first-order valence-electron chi connectivity index (χ1n) is 10.1. The minimum atomic E-state index is 0. The molecule has 0 saturated heterocycles. The summed E-state index contributed by atoms with van der Waals surface area (Å²) in [6, 6.07) is 24.4. The molecule has 0 atom stereocenters. The van der Waals surface area contributed by atoms with Crippen LogP contribution in [0.5, 0.6) is 0 Å². The molecular formula is C24H20Cl2N6S. The van der Waals surface area contributed by atoms with Gasteiger partial charge < -0.3 is 23.0 Å². The molecule has 5 rings (SSSR count). The number of hydrogen-bond donors (Lipinski definition) is 2. The van der Waals surface area contributed by atoms with Crippen molar-refractivity contribution in [3.8, 4) is 10.6 Å². The highest BCUT2D eigenvalue weighted by Crippen LogP contribution is 2.30. The number of aromatic nitrogens is 4. The lowest BCUT2D eigenvalue weighted by Gasteiger charge is -2.08. The van der Waals surface area contributed by atoms with Crippen molar-refractivity contribution in [2.24, 2.45) is 7.05 Å². The van der Waals surface area contributed by atoms with Gasteiger partial charge >= 0.3 is 0 Å². The first kappa shape index (κ1) is 22.9. The van der Waals surface area contributed by atoms with Crippen LogP contribution in [0.25, 0.3) is 20.8 Å². The van der Waals surface area contributed by atoms with E-state index in [4.69, 9.17) is 11.6 Å². The van der Waals surface area contributed by atoms with Crippen LogP contribution in [0.2, 0.25) is 5.28 Å². The Morgan fingerprint density at radius 3 is 2.12 bits per heavy atom. The van der Waals surface area contributed by atoms with Crippen molar-refractivity contribution in [2.45, 2.75) is 6.92 Å². The second-order valence-electron chi connectivity index (χ2n) is 7.38. The molecule has 2 aromatic heterocycles. The van der Waals surface area contributed by atoms with Crippen LogP contribution in [-0.2, 0) is 7.05 Å². The zero-order valence-electron chi connectivity index (χ0n) is 17.9. The molecule has 3 aromatic carbocycles. The Labute approximate surface area is 206 Å². The van der Waals surface area contributed by atoms with Crippen molar-refractivity contribution in [1.29, 1.82) is 0 Å². The van der Waals surface area contributed by atoms with E-state index in [1.165, 1.54) is 20.8 Å². The number of fused-ring (bicyclic) bond motifs is 1. The summed E-state index contributed by atoms with van der Waals surface area (Å²) in [5.41, 5.74) is 5.38. The molecule has 0 aliphatic heterocycles. The van der Waals surface area contributed by atoms with Gasteiger partial charge in [0.2, 0.25) is 22.7 Å². The molecule has 9 heteroatoms. The van der Waals surface area contributed by atoms with Gasteiger partial charge in [-0.15, -0.1) is 0 Å². The second-order valence-corrected chi connectivity index (χ2v) is 8.75. The molecule has 0 amide bonds. The molecule has 0 saturated carbocycles. The summed E-state index contributed by atoms with van der Waals surface area (Å²) >= 11 is 7.90. The minimum absolute atomic E-state index is 0. The first-order valence-corrected chi connectivity index (χ1v) is 11.2. The van der Waals surface area contributed by atoms with Crippen LogP contribution in [0.4, 0.5) is 23.3 Å². The maximum atomic E-state index is 6.11. The molecule has 0 bridgehead atoms. The summed E-state index contributed by atoms with van der Waals surface area (Å²) in [6.45, 7) is 2.12. The van der Waals surface area contributed by atoms with Crippen LogP contribution in [0.3, 0.4) is 0 Å². The van der Waals surface area contributed by atoms with Gasteiger partial charge in [-0.05, 0) is 66.6 Å². The number of rotatable bonds is 5. The van der Waals surface area contributed by atoms with Crippen LogP contribution >= 0.6 is 22.9 Å². The molecule has 2 heterocycles. The summed E-state index contributed by atoms with van der Waals surface area (Å²) in [5, 5.41) is 7.66. The number of para-hydroxylation sites is 1. The van der Waals surface area contributed by atoms with Gasteiger partial charge in [0.1, 0.15) is 11.7 Å². The van der Waals surface area contributed by atoms with Crippen molar-refractivity contribution in [2.75, 3.05) is 10.6 Å². The fraction of sp³-hybridized carbons (Fsp3) is 0.0833. The van der Waals surface area contributed by atoms with Gasteiger partial charge in [-0.1, -0.05) is 35.6 Å². The van der Waals surface area contributed by atoms with E-state index in [9.17, 15) is 0 Å². The maximum absolute atomic E-state index is 6.11. The molecule has 33 heavy (non-hydrogen) atoms. The average molecular weight is 495 g/mol. The molecular weight excluding hydrogens is 475 g/mol. The Morgan fingerprint density at radius 2 is 1.45 bits per heavy atom. The molecule has 0 aliphatic rings. The molecule has 0 unspecified atom stereocenters. The molecule has 2 N–H and O–H groups in total. The number of nitrogens with zero attached hydrogens (tertiary/aromatic N) is 4. The predicted molar refractivity (Wildman–Crippen MR) is 131 cm³/mol. The van der Waals surface area contributed by atoms with Gasteiger partial charge in [0, 0.05) is 17.4 Å². The van der Waals surface area contributed by atoms with Gasteiger partial charge in [0.25, 0.3) is 5.01 Å². The predicted octanol–water partition coefficient (Wildman–Crippen LogP) is 3.03. The van der Waals surface area contributed by atoms with Crippen molar-refractivity contribution >= 4 is 56.4 Å². The summed E-state index contributed by atoms with van der Waals surface area (Å²) in [7, 11) is 2.10. The fourth-order valence-corrected chi connectivity index (χ4v) is 4.86. The molecule has 0 aliphatic carbocycles. The number of thiazole rings is 1. The van der Waals surface area contributed by atoms with Gasteiger partial charge in [-0.2, -0.15) is 19.5 Å². The third-order valence-electron chi connectivity index (χ3n) is 5.01. The Bertz CT molecular complexity index is 1400. The van der Waals surface area contributed by atoms with Crippen LogP contribution in [-0.4, -0.2) is 15.0 Å². The van der Waals surface area contributed by atoms with E-state index in [0.717, 1.165) is 16.9 Å². The third-order valence-corrected chi connectivity index (χ3v) is 6.43. The van der Waals surface area contributed by atoms with Gasteiger partial charge in [0.05, 0.1) is 5.56 Å². The lowest BCUT2D eigenvalue weighted by molar-refractivity contribution is -0.629. The third kappa shape index (κ3) is 5.06. The van der Waals surface area contributed by atoms with Crippen LogP contribution in [0.1, 0.15) is 5.56 Å². The zero-order valence-corrected chi connectivity index (χ0v) is 20.2. The van der Waals surface area contributed by atoms with Crippen LogP contribution in [0.15, 0.2) is 72.8 Å². The molecule has 0 fully saturated rings. The SMILES string of the molecule is Cc1ccc2c(c1)sc(-c1ccc(Nc3nc(Cl)nc(Nc4ccccc4)n3)cc1)[n+]2C.[Cl-]. The largest absolute Gasteiger partial charge is 1.00 e. The van der Waals surface area contributed by atoms with Crippen LogP contribution < -0.4 is 27.6 Å². The highest BCUT2D eigenvalue weighted by molar-refractivity contribution is 7.21. The van der Waals surface area contributed by atoms with E-state index >= 15 is 0 Å². The first-order chi connectivity index (χ1) is 15.5. The number of halogens is 2. The molecule has 0 radical (unpaired) electrons. The summed E-state index contributed by atoms with van der Waals surface area (Å²) in [5.74, 6) is 0.752. The fourth-order valence-electron chi connectivity index (χ4n) is 3.45.